The van der Waals surface area contributed by atoms with E-state index in [9.17, 15) is 27.2 Å². The third-order valence-corrected chi connectivity index (χ3v) is 5.93. The zero-order chi connectivity index (χ0) is 24.7. The number of hydrogen-bond donors (Lipinski definition) is 0. The summed E-state index contributed by atoms with van der Waals surface area (Å²) in [6.07, 6.45) is -2.94. The van der Waals surface area contributed by atoms with E-state index in [1.165, 1.54) is 20.5 Å². The van der Waals surface area contributed by atoms with E-state index in [0.29, 0.717) is 23.1 Å². The average Bonchev–Trinajstić information content (AvgIpc) is 3.43. The number of carbonyl (C=O) groups excluding carboxylic acids is 2. The summed E-state index contributed by atoms with van der Waals surface area (Å²) in [5, 5.41) is 4.94. The first kappa shape index (κ1) is 22.6. The summed E-state index contributed by atoms with van der Waals surface area (Å²) in [5.41, 5.74) is 0.703. The summed E-state index contributed by atoms with van der Waals surface area (Å²) in [6.45, 7) is 0.317. The highest BCUT2D eigenvalue weighted by atomic mass is 19.4. The first-order valence-corrected chi connectivity index (χ1v) is 10.7. The molecule has 35 heavy (non-hydrogen) atoms. The maximum Gasteiger partial charge on any atom is 0.416 e. The van der Waals surface area contributed by atoms with E-state index < -0.39 is 29.4 Å². The van der Waals surface area contributed by atoms with Crippen molar-refractivity contribution in [2.45, 2.75) is 6.18 Å². The smallest absolute Gasteiger partial charge is 0.315 e. The number of Topliss-reactive ketones (excluding diaryl/α,β-unsaturated/α-hetero) is 1. The van der Waals surface area contributed by atoms with Gasteiger partial charge in [0.15, 0.2) is 5.78 Å². The Balaban J connectivity index is 1.36. The van der Waals surface area contributed by atoms with Crippen molar-refractivity contribution in [3.63, 3.8) is 0 Å². The number of anilines is 1. The molecule has 0 bridgehead atoms. The fraction of sp³-hybridized carbons (Fsp3) is 0.160. The number of para-hydroxylation sites is 1. The minimum absolute atomic E-state index is 0.0949. The van der Waals surface area contributed by atoms with Crippen LogP contribution in [0.3, 0.4) is 0 Å². The lowest BCUT2D eigenvalue weighted by molar-refractivity contribution is -0.137. The Bertz CT molecular complexity index is 1430. The SMILES string of the molecule is O=C(CN1CCN(c2cccc3c2cnn3-c2ccccc2F)C1=O)c1ccc(C(F)(F)F)cc1. The van der Waals surface area contributed by atoms with Crippen LogP contribution in [0.5, 0.6) is 0 Å². The van der Waals surface area contributed by atoms with Gasteiger partial charge in [-0.25, -0.2) is 13.9 Å². The lowest BCUT2D eigenvalue weighted by Crippen LogP contribution is -2.35. The van der Waals surface area contributed by atoms with Crippen molar-refractivity contribution in [2.75, 3.05) is 24.5 Å². The number of benzene rings is 3. The molecule has 1 aliphatic heterocycles. The largest absolute Gasteiger partial charge is 0.416 e. The van der Waals surface area contributed by atoms with Gasteiger partial charge in [0.05, 0.1) is 29.5 Å². The molecule has 1 saturated heterocycles. The van der Waals surface area contributed by atoms with E-state index >= 15 is 0 Å². The Morgan fingerprint density at radius 3 is 2.34 bits per heavy atom. The minimum atomic E-state index is -4.49. The maximum absolute atomic E-state index is 14.3. The zero-order valence-electron chi connectivity index (χ0n) is 18.2. The Labute approximate surface area is 197 Å². The minimum Gasteiger partial charge on any atom is -0.315 e. The van der Waals surface area contributed by atoms with Gasteiger partial charge < -0.3 is 4.90 Å². The summed E-state index contributed by atoms with van der Waals surface area (Å²) >= 11 is 0. The number of nitrogens with zero attached hydrogens (tertiary/aromatic N) is 4. The second-order valence-electron chi connectivity index (χ2n) is 8.07. The van der Waals surface area contributed by atoms with Crippen LogP contribution in [0.1, 0.15) is 15.9 Å². The molecule has 0 N–H and O–H groups in total. The molecule has 1 aliphatic rings. The van der Waals surface area contributed by atoms with E-state index in [1.807, 2.05) is 0 Å². The molecule has 3 aromatic carbocycles. The molecule has 0 unspecified atom stereocenters. The molecular weight excluding hydrogens is 464 g/mol. The average molecular weight is 482 g/mol. The number of fused-ring (bicyclic) bond motifs is 1. The van der Waals surface area contributed by atoms with Crippen LogP contribution in [0, 0.1) is 5.82 Å². The summed E-state index contributed by atoms with van der Waals surface area (Å²) in [7, 11) is 0. The van der Waals surface area contributed by atoms with Crippen LogP contribution in [0.4, 0.5) is 28.0 Å². The molecule has 10 heteroatoms. The van der Waals surface area contributed by atoms with Gasteiger partial charge in [-0.1, -0.05) is 30.3 Å². The highest BCUT2D eigenvalue weighted by Gasteiger charge is 2.33. The quantitative estimate of drug-likeness (QED) is 0.286. The molecule has 6 nitrogen and oxygen atoms in total. The summed E-state index contributed by atoms with van der Waals surface area (Å²) < 4.78 is 54.1. The molecule has 5 rings (SSSR count). The first-order valence-electron chi connectivity index (χ1n) is 10.7. The Kier molecular flexibility index (Phi) is 5.50. The van der Waals surface area contributed by atoms with Crippen LogP contribution in [0.2, 0.25) is 0 Å². The van der Waals surface area contributed by atoms with Crippen LogP contribution in [-0.4, -0.2) is 46.1 Å². The Morgan fingerprint density at radius 2 is 1.63 bits per heavy atom. The standard InChI is InChI=1S/C25H18F4N4O2/c26-19-4-1-2-5-22(19)33-21-7-3-6-20(18(21)14-30-33)32-13-12-31(24(32)35)15-23(34)16-8-10-17(11-9-16)25(27,28)29/h1-11,14H,12-13,15H2. The van der Waals surface area contributed by atoms with E-state index in [-0.39, 0.29) is 24.3 Å². The number of urea groups is 1. The van der Waals surface area contributed by atoms with E-state index in [4.69, 9.17) is 0 Å². The number of aromatic nitrogens is 2. The maximum atomic E-state index is 14.3. The van der Waals surface area contributed by atoms with Crippen LogP contribution >= 0.6 is 0 Å². The second kappa shape index (κ2) is 8.53. The number of hydrogen-bond acceptors (Lipinski definition) is 3. The summed E-state index contributed by atoms with van der Waals surface area (Å²) in [6, 6.07) is 15.0. The molecule has 1 aromatic heterocycles. The molecule has 0 radical (unpaired) electrons. The number of carbonyl (C=O) groups is 2. The zero-order valence-corrected chi connectivity index (χ0v) is 18.2. The summed E-state index contributed by atoms with van der Waals surface area (Å²) in [4.78, 5) is 28.6. The van der Waals surface area contributed by atoms with Gasteiger partial charge in [0, 0.05) is 24.0 Å². The monoisotopic (exact) mass is 482 g/mol. The van der Waals surface area contributed by atoms with Gasteiger partial charge in [-0.15, -0.1) is 0 Å². The first-order chi connectivity index (χ1) is 16.7. The molecule has 4 aromatic rings. The Hall–Kier alpha value is -4.21. The highest BCUT2D eigenvalue weighted by molar-refractivity contribution is 6.06. The molecule has 178 valence electrons. The molecule has 2 amide bonds. The van der Waals surface area contributed by atoms with Crippen LogP contribution in [-0.2, 0) is 6.18 Å². The Morgan fingerprint density at radius 1 is 0.914 bits per heavy atom. The number of halogens is 4. The lowest BCUT2D eigenvalue weighted by Gasteiger charge is -2.19. The van der Waals surface area contributed by atoms with Crippen LogP contribution in [0.25, 0.3) is 16.6 Å². The van der Waals surface area contributed by atoms with E-state index in [2.05, 4.69) is 5.10 Å². The predicted octanol–water partition coefficient (Wildman–Crippen LogP) is 5.31. The van der Waals surface area contributed by atoms with Gasteiger partial charge in [0.25, 0.3) is 0 Å². The fourth-order valence-corrected chi connectivity index (χ4v) is 4.15. The van der Waals surface area contributed by atoms with Gasteiger partial charge in [-0.3, -0.25) is 9.69 Å². The van der Waals surface area contributed by atoms with Crippen LogP contribution in [0.15, 0.2) is 72.9 Å². The van der Waals surface area contributed by atoms with Gasteiger partial charge in [-0.05, 0) is 36.4 Å². The van der Waals surface area contributed by atoms with Gasteiger partial charge in [0.1, 0.15) is 11.5 Å². The highest BCUT2D eigenvalue weighted by Crippen LogP contribution is 2.32. The van der Waals surface area contributed by atoms with Crippen molar-refractivity contribution in [1.29, 1.82) is 0 Å². The van der Waals surface area contributed by atoms with Gasteiger partial charge in [0.2, 0.25) is 0 Å². The number of alkyl halides is 3. The third kappa shape index (κ3) is 4.11. The van der Waals surface area contributed by atoms with Crippen LogP contribution < -0.4 is 4.90 Å². The summed E-state index contributed by atoms with van der Waals surface area (Å²) in [5.74, 6) is -0.896. The van der Waals surface area contributed by atoms with Gasteiger partial charge >= 0.3 is 12.2 Å². The van der Waals surface area contributed by atoms with Crippen molar-refractivity contribution in [3.05, 3.63) is 89.9 Å². The molecule has 0 spiro atoms. The molecule has 0 atom stereocenters. The second-order valence-corrected chi connectivity index (χ2v) is 8.07. The third-order valence-electron chi connectivity index (χ3n) is 5.93. The fourth-order valence-electron chi connectivity index (χ4n) is 4.15. The van der Waals surface area contributed by atoms with E-state index in [1.54, 1.807) is 42.6 Å². The van der Waals surface area contributed by atoms with Crippen molar-refractivity contribution in [3.8, 4) is 5.69 Å². The van der Waals surface area contributed by atoms with Crippen molar-refractivity contribution in [1.82, 2.24) is 14.7 Å². The normalized spacial score (nSPS) is 14.2. The number of ketones is 1. The molecular formula is C25H18F4N4O2. The molecule has 2 heterocycles. The van der Waals surface area contributed by atoms with Crippen molar-refractivity contribution >= 4 is 28.4 Å². The lowest BCUT2D eigenvalue weighted by atomic mass is 10.1. The number of amides is 2. The molecule has 0 aliphatic carbocycles. The van der Waals surface area contributed by atoms with Crippen molar-refractivity contribution < 1.29 is 27.2 Å². The number of rotatable bonds is 5. The van der Waals surface area contributed by atoms with Crippen molar-refractivity contribution in [2.24, 2.45) is 0 Å². The van der Waals surface area contributed by atoms with E-state index in [0.717, 1.165) is 24.3 Å². The molecule has 1 fully saturated rings. The predicted molar refractivity (Wildman–Crippen MR) is 121 cm³/mol. The van der Waals surface area contributed by atoms with Gasteiger partial charge in [-0.2, -0.15) is 18.3 Å². The topological polar surface area (TPSA) is 58.4 Å². The molecule has 0 saturated carbocycles.